The average molecular weight is 178 g/mol. The van der Waals surface area contributed by atoms with Gasteiger partial charge in [0.25, 0.3) is 0 Å². The zero-order valence-electron chi connectivity index (χ0n) is 7.61. The Morgan fingerprint density at radius 2 is 2.23 bits per heavy atom. The minimum atomic E-state index is -0.0459. The molecule has 2 unspecified atom stereocenters. The van der Waals surface area contributed by atoms with Crippen molar-refractivity contribution in [3.63, 3.8) is 0 Å². The number of hydrogen-bond acceptors (Lipinski definition) is 2. The first kappa shape index (κ1) is 8.54. The number of carbonyl (C=O) groups is 1. The summed E-state index contributed by atoms with van der Waals surface area (Å²) in [6.45, 7) is 0. The summed E-state index contributed by atoms with van der Waals surface area (Å²) in [6.07, 6.45) is 12.0. The molecule has 13 heavy (non-hydrogen) atoms. The number of allylic oxidation sites excluding steroid dienone is 3. The molecule has 2 aliphatic rings. The molecule has 0 amide bonds. The Hall–Kier alpha value is -1.05. The summed E-state index contributed by atoms with van der Waals surface area (Å²) in [5.74, 6) is 0.495. The standard InChI is InChI=1S/C11H14O2/c12-11-8-7-9-5-3-1-2-4-6-10(9)13-11/h1-2,4,6,9-10H,3,5,7-8H2/b2-1-,6-4-. The van der Waals surface area contributed by atoms with E-state index in [0.717, 1.165) is 19.3 Å². The van der Waals surface area contributed by atoms with Crippen LogP contribution in [0.3, 0.4) is 0 Å². The van der Waals surface area contributed by atoms with Crippen LogP contribution in [-0.2, 0) is 9.53 Å². The van der Waals surface area contributed by atoms with Crippen molar-refractivity contribution in [2.75, 3.05) is 0 Å². The quantitative estimate of drug-likeness (QED) is 0.531. The maximum absolute atomic E-state index is 11.0. The summed E-state index contributed by atoms with van der Waals surface area (Å²) >= 11 is 0. The molecule has 0 aromatic rings. The Kier molecular flexibility index (Phi) is 2.48. The first-order chi connectivity index (χ1) is 6.36. The van der Waals surface area contributed by atoms with Crippen LogP contribution in [0.1, 0.15) is 25.7 Å². The van der Waals surface area contributed by atoms with Crippen LogP contribution in [-0.4, -0.2) is 12.1 Å². The predicted molar refractivity (Wildman–Crippen MR) is 50.1 cm³/mol. The SMILES string of the molecule is O=C1CCC2CC/C=C\C=C/C2O1. The van der Waals surface area contributed by atoms with Crippen LogP contribution in [0.4, 0.5) is 0 Å². The molecule has 0 N–H and O–H groups in total. The van der Waals surface area contributed by atoms with E-state index in [2.05, 4.69) is 6.08 Å². The summed E-state index contributed by atoms with van der Waals surface area (Å²) in [5.41, 5.74) is 0. The number of carbonyl (C=O) groups excluding carboxylic acids is 1. The van der Waals surface area contributed by atoms with Gasteiger partial charge < -0.3 is 4.74 Å². The van der Waals surface area contributed by atoms with Gasteiger partial charge in [0.2, 0.25) is 0 Å². The van der Waals surface area contributed by atoms with Crippen molar-refractivity contribution in [2.45, 2.75) is 31.8 Å². The van der Waals surface area contributed by atoms with Crippen molar-refractivity contribution in [1.29, 1.82) is 0 Å². The van der Waals surface area contributed by atoms with Gasteiger partial charge in [-0.3, -0.25) is 4.79 Å². The second-order valence-electron chi connectivity index (χ2n) is 3.64. The molecule has 2 heteroatoms. The van der Waals surface area contributed by atoms with E-state index >= 15 is 0 Å². The third kappa shape index (κ3) is 2.00. The summed E-state index contributed by atoms with van der Waals surface area (Å²) < 4.78 is 5.27. The predicted octanol–water partition coefficient (Wildman–Crippen LogP) is 2.21. The van der Waals surface area contributed by atoms with Crippen molar-refractivity contribution in [2.24, 2.45) is 5.92 Å². The summed E-state index contributed by atoms with van der Waals surface area (Å²) in [5, 5.41) is 0. The van der Waals surface area contributed by atoms with Gasteiger partial charge in [0.05, 0.1) is 0 Å². The second-order valence-corrected chi connectivity index (χ2v) is 3.64. The van der Waals surface area contributed by atoms with E-state index in [-0.39, 0.29) is 12.1 Å². The zero-order chi connectivity index (χ0) is 9.10. The Morgan fingerprint density at radius 3 is 3.15 bits per heavy atom. The first-order valence-electron chi connectivity index (χ1n) is 4.89. The summed E-state index contributed by atoms with van der Waals surface area (Å²) in [7, 11) is 0. The molecule has 0 aromatic heterocycles. The van der Waals surface area contributed by atoms with E-state index in [1.807, 2.05) is 18.2 Å². The fourth-order valence-corrected chi connectivity index (χ4v) is 1.94. The van der Waals surface area contributed by atoms with E-state index in [1.165, 1.54) is 0 Å². The van der Waals surface area contributed by atoms with Gasteiger partial charge in [-0.25, -0.2) is 0 Å². The monoisotopic (exact) mass is 178 g/mol. The molecule has 0 aromatic carbocycles. The topological polar surface area (TPSA) is 26.3 Å². The molecule has 1 aliphatic heterocycles. The lowest BCUT2D eigenvalue weighted by Crippen LogP contribution is -2.31. The number of fused-ring (bicyclic) bond motifs is 1. The Morgan fingerprint density at radius 1 is 1.31 bits per heavy atom. The van der Waals surface area contributed by atoms with Crippen LogP contribution in [0, 0.1) is 5.92 Å². The van der Waals surface area contributed by atoms with Crippen molar-refractivity contribution in [3.05, 3.63) is 24.3 Å². The third-order valence-electron chi connectivity index (χ3n) is 2.70. The normalized spacial score (nSPS) is 38.0. The van der Waals surface area contributed by atoms with Crippen LogP contribution in [0.2, 0.25) is 0 Å². The summed E-state index contributed by atoms with van der Waals surface area (Å²) in [6, 6.07) is 0. The zero-order valence-corrected chi connectivity index (χ0v) is 7.61. The number of esters is 1. The number of rotatable bonds is 0. The molecule has 1 saturated heterocycles. The van der Waals surface area contributed by atoms with Gasteiger partial charge in [-0.15, -0.1) is 0 Å². The van der Waals surface area contributed by atoms with Gasteiger partial charge in [-0.2, -0.15) is 0 Å². The average Bonchev–Trinajstić information content (AvgIpc) is 2.08. The smallest absolute Gasteiger partial charge is 0.306 e. The van der Waals surface area contributed by atoms with Crippen LogP contribution in [0.25, 0.3) is 0 Å². The second kappa shape index (κ2) is 3.77. The molecule has 2 nitrogen and oxygen atoms in total. The Labute approximate surface area is 78.3 Å². The van der Waals surface area contributed by atoms with Gasteiger partial charge in [-0.1, -0.05) is 18.2 Å². The molecule has 0 saturated carbocycles. The Balaban J connectivity index is 2.09. The maximum Gasteiger partial charge on any atom is 0.306 e. The van der Waals surface area contributed by atoms with Gasteiger partial charge in [0.15, 0.2) is 0 Å². The molecule has 70 valence electrons. The molecule has 1 heterocycles. The van der Waals surface area contributed by atoms with Crippen molar-refractivity contribution in [1.82, 2.24) is 0 Å². The van der Waals surface area contributed by atoms with Gasteiger partial charge in [0, 0.05) is 12.3 Å². The minimum Gasteiger partial charge on any atom is -0.458 e. The van der Waals surface area contributed by atoms with Crippen LogP contribution < -0.4 is 0 Å². The van der Waals surface area contributed by atoms with E-state index in [4.69, 9.17) is 4.74 Å². The number of hydrogen-bond donors (Lipinski definition) is 0. The van der Waals surface area contributed by atoms with Crippen LogP contribution in [0.5, 0.6) is 0 Å². The van der Waals surface area contributed by atoms with Crippen molar-refractivity contribution >= 4 is 5.97 Å². The molecule has 2 rings (SSSR count). The number of ether oxygens (including phenoxy) is 1. The van der Waals surface area contributed by atoms with E-state index < -0.39 is 0 Å². The molecular weight excluding hydrogens is 164 g/mol. The molecule has 1 fully saturated rings. The van der Waals surface area contributed by atoms with Crippen molar-refractivity contribution in [3.8, 4) is 0 Å². The van der Waals surface area contributed by atoms with Crippen molar-refractivity contribution < 1.29 is 9.53 Å². The molecule has 0 spiro atoms. The Bertz CT molecular complexity index is 251. The molecule has 2 atom stereocenters. The van der Waals surface area contributed by atoms with E-state index in [9.17, 15) is 4.79 Å². The van der Waals surface area contributed by atoms with E-state index in [1.54, 1.807) is 0 Å². The first-order valence-corrected chi connectivity index (χ1v) is 4.89. The lowest BCUT2D eigenvalue weighted by molar-refractivity contribution is -0.154. The van der Waals surface area contributed by atoms with Crippen LogP contribution in [0.15, 0.2) is 24.3 Å². The molecule has 0 radical (unpaired) electrons. The highest BCUT2D eigenvalue weighted by atomic mass is 16.5. The fraction of sp³-hybridized carbons (Fsp3) is 0.545. The van der Waals surface area contributed by atoms with Gasteiger partial charge in [0.1, 0.15) is 6.10 Å². The lowest BCUT2D eigenvalue weighted by atomic mass is 9.88. The highest BCUT2D eigenvalue weighted by molar-refractivity contribution is 5.70. The maximum atomic E-state index is 11.0. The lowest BCUT2D eigenvalue weighted by Gasteiger charge is -2.29. The molecular formula is C11H14O2. The van der Waals surface area contributed by atoms with Crippen LogP contribution >= 0.6 is 0 Å². The summed E-state index contributed by atoms with van der Waals surface area (Å²) in [4.78, 5) is 11.0. The van der Waals surface area contributed by atoms with Gasteiger partial charge in [-0.05, 0) is 25.3 Å². The van der Waals surface area contributed by atoms with Gasteiger partial charge >= 0.3 is 5.97 Å². The highest BCUT2D eigenvalue weighted by Crippen LogP contribution is 2.27. The largest absolute Gasteiger partial charge is 0.458 e. The molecule has 0 bridgehead atoms. The molecule has 1 aliphatic carbocycles. The fourth-order valence-electron chi connectivity index (χ4n) is 1.94. The minimum absolute atomic E-state index is 0.0335. The third-order valence-corrected chi connectivity index (χ3v) is 2.70. The highest BCUT2D eigenvalue weighted by Gasteiger charge is 2.28. The van der Waals surface area contributed by atoms with E-state index in [0.29, 0.717) is 12.3 Å².